The summed E-state index contributed by atoms with van der Waals surface area (Å²) < 4.78 is 18.4. The van der Waals surface area contributed by atoms with Crippen molar-refractivity contribution in [2.45, 2.75) is 58.1 Å². The van der Waals surface area contributed by atoms with E-state index in [4.69, 9.17) is 14.2 Å². The van der Waals surface area contributed by atoms with Crippen molar-refractivity contribution in [2.75, 3.05) is 19.7 Å². The molecular weight excluding hydrogens is 666 g/mol. The molecule has 2 amide bonds. The zero-order valence-corrected chi connectivity index (χ0v) is 30.0. The number of urea groups is 1. The number of esters is 1. The summed E-state index contributed by atoms with van der Waals surface area (Å²) in [5, 5.41) is 15.0. The lowest BCUT2D eigenvalue weighted by Crippen LogP contribution is -2.39. The molecule has 0 saturated carbocycles. The molecule has 1 fully saturated rings. The maximum Gasteiger partial charge on any atom is 0.325 e. The van der Waals surface area contributed by atoms with Gasteiger partial charge in [0.15, 0.2) is 6.29 Å². The van der Waals surface area contributed by atoms with Crippen molar-refractivity contribution in [3.63, 3.8) is 0 Å². The molecule has 3 unspecified atom stereocenters. The van der Waals surface area contributed by atoms with Crippen LogP contribution in [0.3, 0.4) is 0 Å². The van der Waals surface area contributed by atoms with Gasteiger partial charge in [-0.15, -0.1) is 0 Å². The highest BCUT2D eigenvalue weighted by atomic mass is 16.7. The predicted octanol–water partition coefficient (Wildman–Crippen LogP) is 7.46. The van der Waals surface area contributed by atoms with Crippen LogP contribution in [0.5, 0.6) is 0 Å². The average Bonchev–Trinajstić information content (AvgIpc) is 3.20. The molecule has 0 aromatic heterocycles. The summed E-state index contributed by atoms with van der Waals surface area (Å²) in [6.07, 6.45) is -0.275. The van der Waals surface area contributed by atoms with Gasteiger partial charge in [-0.05, 0) is 58.0 Å². The number of nitrogens with one attached hydrogen (secondary N) is 2. The topological polar surface area (TPSA) is 109 Å². The van der Waals surface area contributed by atoms with Gasteiger partial charge in [-0.25, -0.2) is 4.79 Å². The Balaban J connectivity index is 1.21. The van der Waals surface area contributed by atoms with E-state index in [2.05, 4.69) is 76.2 Å². The Hall–Kier alpha value is -5.32. The van der Waals surface area contributed by atoms with Crippen molar-refractivity contribution in [1.29, 1.82) is 0 Å². The molecule has 9 heteroatoms. The van der Waals surface area contributed by atoms with Gasteiger partial charge in [-0.2, -0.15) is 0 Å². The molecule has 9 nitrogen and oxygen atoms in total. The van der Waals surface area contributed by atoms with E-state index in [9.17, 15) is 14.7 Å². The molecule has 5 aromatic carbocycles. The molecule has 5 aromatic rings. The van der Waals surface area contributed by atoms with E-state index in [1.165, 1.54) is 11.1 Å². The van der Waals surface area contributed by atoms with E-state index in [-0.39, 0.29) is 38.5 Å². The number of carbonyl (C=O) groups excluding carboxylic acids is 2. The molecule has 53 heavy (non-hydrogen) atoms. The lowest BCUT2D eigenvalue weighted by molar-refractivity contribution is -0.253. The molecule has 3 atom stereocenters. The molecule has 0 spiro atoms. The maximum atomic E-state index is 12.3. The summed E-state index contributed by atoms with van der Waals surface area (Å²) in [5.41, 5.74) is 8.17. The molecule has 1 heterocycles. The van der Waals surface area contributed by atoms with Gasteiger partial charge in [0.2, 0.25) is 0 Å². The fraction of sp³-hybridized carbons (Fsp3) is 0.273. The van der Waals surface area contributed by atoms with E-state index < -0.39 is 18.3 Å². The fourth-order valence-electron chi connectivity index (χ4n) is 6.52. The molecule has 1 saturated heterocycles. The highest BCUT2D eigenvalue weighted by Gasteiger charge is 2.33. The van der Waals surface area contributed by atoms with E-state index in [0.717, 1.165) is 46.5 Å². The van der Waals surface area contributed by atoms with Gasteiger partial charge in [0.25, 0.3) is 0 Å². The fourth-order valence-corrected chi connectivity index (χ4v) is 6.52. The molecule has 0 bridgehead atoms. The Morgan fingerprint density at radius 2 is 1.36 bits per heavy atom. The molecule has 0 radical (unpaired) electrons. The Morgan fingerprint density at radius 3 is 2.02 bits per heavy atom. The van der Waals surface area contributed by atoms with Gasteiger partial charge >= 0.3 is 12.0 Å². The molecule has 0 aliphatic carbocycles. The smallest absolute Gasteiger partial charge is 0.325 e. The standard InChI is InChI=1S/C44H47N3O6/c1-2-51-42(49)27-46-44(50)45-26-35-15-9-16-37(23-35)38-17-10-18-39(24-38)43-52-40(25-41(53-43)36-21-19-34(31-48)20-22-36)30-47(28-32-11-5-3-6-12-32)29-33-13-7-4-8-14-33/h3-24,40-41,43,48H,2,25-31H2,1H3,(H2,45,46,50). The summed E-state index contributed by atoms with van der Waals surface area (Å²) in [6.45, 7) is 4.34. The van der Waals surface area contributed by atoms with Crippen LogP contribution in [0.2, 0.25) is 0 Å². The zero-order chi connectivity index (χ0) is 36.8. The minimum Gasteiger partial charge on any atom is -0.465 e. The van der Waals surface area contributed by atoms with E-state index in [0.29, 0.717) is 13.0 Å². The highest BCUT2D eigenvalue weighted by Crippen LogP contribution is 2.39. The molecule has 3 N–H and O–H groups in total. The van der Waals surface area contributed by atoms with Crippen molar-refractivity contribution in [2.24, 2.45) is 0 Å². The molecule has 1 aliphatic rings. The van der Waals surface area contributed by atoms with Gasteiger partial charge < -0.3 is 30.0 Å². The van der Waals surface area contributed by atoms with Crippen LogP contribution in [0, 0.1) is 0 Å². The molecular formula is C44H47N3O6. The van der Waals surface area contributed by atoms with Crippen molar-refractivity contribution >= 4 is 12.0 Å². The number of benzene rings is 5. The lowest BCUT2D eigenvalue weighted by Gasteiger charge is -2.38. The number of aliphatic hydroxyl groups excluding tert-OH is 1. The van der Waals surface area contributed by atoms with Gasteiger partial charge in [0, 0.05) is 38.2 Å². The first kappa shape index (κ1) is 37.4. The van der Waals surface area contributed by atoms with Crippen molar-refractivity contribution < 1.29 is 28.9 Å². The number of aliphatic hydroxyl groups is 1. The quantitative estimate of drug-likeness (QED) is 0.0968. The summed E-state index contributed by atoms with van der Waals surface area (Å²) in [5.74, 6) is -0.482. The molecule has 1 aliphatic heterocycles. The third kappa shape index (κ3) is 11.1. The highest BCUT2D eigenvalue weighted by molar-refractivity contribution is 5.80. The third-order valence-electron chi connectivity index (χ3n) is 9.15. The van der Waals surface area contributed by atoms with E-state index >= 15 is 0 Å². The van der Waals surface area contributed by atoms with Gasteiger partial charge in [0.05, 0.1) is 25.4 Å². The van der Waals surface area contributed by atoms with E-state index in [1.807, 2.05) is 72.8 Å². The number of carbonyl (C=O) groups is 2. The minimum absolute atomic E-state index is 0.0131. The second-order valence-corrected chi connectivity index (χ2v) is 13.2. The Morgan fingerprint density at radius 1 is 0.717 bits per heavy atom. The Bertz CT molecular complexity index is 1860. The van der Waals surface area contributed by atoms with Crippen LogP contribution in [0.25, 0.3) is 11.1 Å². The van der Waals surface area contributed by atoms with Gasteiger partial charge in [-0.3, -0.25) is 9.69 Å². The number of amides is 2. The first-order chi connectivity index (χ1) is 25.9. The van der Waals surface area contributed by atoms with Crippen molar-refractivity contribution in [1.82, 2.24) is 15.5 Å². The Labute approximate surface area is 311 Å². The largest absolute Gasteiger partial charge is 0.465 e. The number of rotatable bonds is 15. The summed E-state index contributed by atoms with van der Waals surface area (Å²) in [6, 6.07) is 44.7. The van der Waals surface area contributed by atoms with Crippen LogP contribution in [-0.4, -0.2) is 47.8 Å². The summed E-state index contributed by atoms with van der Waals surface area (Å²) in [4.78, 5) is 26.3. The summed E-state index contributed by atoms with van der Waals surface area (Å²) in [7, 11) is 0. The molecule has 274 valence electrons. The lowest BCUT2D eigenvalue weighted by atomic mass is 9.98. The Kier molecular flexibility index (Phi) is 13.4. The first-order valence-electron chi connectivity index (χ1n) is 18.1. The predicted molar refractivity (Wildman–Crippen MR) is 204 cm³/mol. The normalized spacial score (nSPS) is 16.9. The van der Waals surface area contributed by atoms with Crippen molar-refractivity contribution in [3.05, 3.63) is 167 Å². The van der Waals surface area contributed by atoms with Crippen LogP contribution in [0.1, 0.15) is 59.1 Å². The van der Waals surface area contributed by atoms with E-state index in [1.54, 1.807) is 6.92 Å². The van der Waals surface area contributed by atoms with Crippen LogP contribution in [0.15, 0.2) is 133 Å². The number of hydrogen-bond acceptors (Lipinski definition) is 7. The maximum absolute atomic E-state index is 12.3. The second-order valence-electron chi connectivity index (χ2n) is 13.2. The van der Waals surface area contributed by atoms with Crippen LogP contribution in [0.4, 0.5) is 4.79 Å². The van der Waals surface area contributed by atoms with Gasteiger partial charge in [0.1, 0.15) is 6.54 Å². The van der Waals surface area contributed by atoms with Crippen LogP contribution in [-0.2, 0) is 45.2 Å². The number of hydrogen-bond donors (Lipinski definition) is 3. The zero-order valence-electron chi connectivity index (χ0n) is 30.0. The number of nitrogens with zero attached hydrogens (tertiary/aromatic N) is 1. The van der Waals surface area contributed by atoms with Crippen LogP contribution >= 0.6 is 0 Å². The number of ether oxygens (including phenoxy) is 3. The minimum atomic E-state index is -0.612. The monoisotopic (exact) mass is 713 g/mol. The second kappa shape index (κ2) is 19.0. The first-order valence-corrected chi connectivity index (χ1v) is 18.1. The molecule has 6 rings (SSSR count). The summed E-state index contributed by atoms with van der Waals surface area (Å²) >= 11 is 0. The third-order valence-corrected chi connectivity index (χ3v) is 9.15. The SMILES string of the molecule is CCOC(=O)CNC(=O)NCc1cccc(-c2cccc(C3OC(CN(Cc4ccccc4)Cc4ccccc4)CC(c4ccc(CO)cc4)O3)c2)c1. The van der Waals surface area contributed by atoms with Gasteiger partial charge in [-0.1, -0.05) is 121 Å². The van der Waals surface area contributed by atoms with Crippen LogP contribution < -0.4 is 10.6 Å². The average molecular weight is 714 g/mol. The van der Waals surface area contributed by atoms with Crippen molar-refractivity contribution in [3.8, 4) is 11.1 Å².